The van der Waals surface area contributed by atoms with Crippen LogP contribution in [0, 0.1) is 5.82 Å². The predicted octanol–water partition coefficient (Wildman–Crippen LogP) is 1.43. The number of halogens is 1. The second kappa shape index (κ2) is 6.75. The van der Waals surface area contributed by atoms with Crippen molar-refractivity contribution in [3.63, 3.8) is 0 Å². The van der Waals surface area contributed by atoms with Gasteiger partial charge < -0.3 is 10.0 Å². The van der Waals surface area contributed by atoms with Crippen LogP contribution in [0.4, 0.5) is 4.39 Å². The summed E-state index contributed by atoms with van der Waals surface area (Å²) in [5, 5.41) is 9.98. The number of hydrogen-bond donors (Lipinski definition) is 1. The standard InChI is InChI=1S/C17H23FN2O2/c18-14-5-2-1-4-13(14)12-17(22)20-10-8-19(9-11-20)15-6-3-7-16(15)21/h1-2,4-5,15-16,21H,3,6-12H2. The van der Waals surface area contributed by atoms with Gasteiger partial charge in [-0.05, 0) is 30.9 Å². The van der Waals surface area contributed by atoms with E-state index in [1.807, 2.05) is 4.90 Å². The molecule has 5 heteroatoms. The molecule has 0 bridgehead atoms. The van der Waals surface area contributed by atoms with Crippen LogP contribution in [0.1, 0.15) is 24.8 Å². The average molecular weight is 306 g/mol. The third-order valence-corrected chi connectivity index (χ3v) is 4.88. The predicted molar refractivity (Wildman–Crippen MR) is 81.9 cm³/mol. The zero-order valence-electron chi connectivity index (χ0n) is 12.7. The number of carbonyl (C=O) groups excluding carboxylic acids is 1. The third kappa shape index (κ3) is 3.31. The van der Waals surface area contributed by atoms with Crippen LogP contribution in [0.15, 0.2) is 24.3 Å². The van der Waals surface area contributed by atoms with Crippen LogP contribution >= 0.6 is 0 Å². The number of aliphatic hydroxyl groups is 1. The third-order valence-electron chi connectivity index (χ3n) is 4.88. The van der Waals surface area contributed by atoms with E-state index in [1.165, 1.54) is 6.07 Å². The van der Waals surface area contributed by atoms with Crippen LogP contribution < -0.4 is 0 Å². The summed E-state index contributed by atoms with van der Waals surface area (Å²) in [6.45, 7) is 2.92. The molecule has 2 fully saturated rings. The minimum absolute atomic E-state index is 0.0169. The first kappa shape index (κ1) is 15.4. The molecule has 120 valence electrons. The molecule has 0 radical (unpaired) electrons. The van der Waals surface area contributed by atoms with E-state index < -0.39 is 0 Å². The molecule has 1 aliphatic heterocycles. The van der Waals surface area contributed by atoms with E-state index in [4.69, 9.17) is 0 Å². The van der Waals surface area contributed by atoms with Crippen molar-refractivity contribution < 1.29 is 14.3 Å². The van der Waals surface area contributed by atoms with Crippen molar-refractivity contribution in [3.8, 4) is 0 Å². The molecule has 1 saturated heterocycles. The molecule has 3 rings (SSSR count). The van der Waals surface area contributed by atoms with Crippen molar-refractivity contribution >= 4 is 5.91 Å². The van der Waals surface area contributed by atoms with Gasteiger partial charge >= 0.3 is 0 Å². The van der Waals surface area contributed by atoms with Gasteiger partial charge in [-0.3, -0.25) is 9.69 Å². The molecule has 1 heterocycles. The number of rotatable bonds is 3. The molecule has 0 aromatic heterocycles. The summed E-state index contributed by atoms with van der Waals surface area (Å²) in [6.07, 6.45) is 2.92. The summed E-state index contributed by atoms with van der Waals surface area (Å²) < 4.78 is 13.6. The highest BCUT2D eigenvalue weighted by Gasteiger charge is 2.33. The number of aliphatic hydroxyl groups excluding tert-OH is 1. The minimum atomic E-state index is -0.316. The van der Waals surface area contributed by atoms with Crippen molar-refractivity contribution in [3.05, 3.63) is 35.6 Å². The fourth-order valence-electron chi connectivity index (χ4n) is 3.57. The first-order valence-corrected chi connectivity index (χ1v) is 8.08. The topological polar surface area (TPSA) is 43.8 Å². The van der Waals surface area contributed by atoms with Crippen molar-refractivity contribution in [2.24, 2.45) is 0 Å². The van der Waals surface area contributed by atoms with Crippen LogP contribution in [0.5, 0.6) is 0 Å². The second-order valence-electron chi connectivity index (χ2n) is 6.25. The highest BCUT2D eigenvalue weighted by molar-refractivity contribution is 5.79. The molecule has 1 saturated carbocycles. The van der Waals surface area contributed by atoms with Gasteiger partial charge in [-0.1, -0.05) is 18.2 Å². The minimum Gasteiger partial charge on any atom is -0.391 e. The monoisotopic (exact) mass is 306 g/mol. The van der Waals surface area contributed by atoms with Gasteiger partial charge in [0.15, 0.2) is 0 Å². The number of hydrogen-bond acceptors (Lipinski definition) is 3. The quantitative estimate of drug-likeness (QED) is 0.919. The molecule has 1 amide bonds. The van der Waals surface area contributed by atoms with Gasteiger partial charge in [0.05, 0.1) is 12.5 Å². The molecule has 1 aromatic carbocycles. The number of carbonyl (C=O) groups is 1. The molecule has 1 aliphatic carbocycles. The van der Waals surface area contributed by atoms with Crippen LogP contribution in [0.3, 0.4) is 0 Å². The maximum absolute atomic E-state index is 13.6. The Morgan fingerprint density at radius 1 is 1.18 bits per heavy atom. The summed E-state index contributed by atoms with van der Waals surface area (Å²) in [5.41, 5.74) is 0.459. The lowest BCUT2D eigenvalue weighted by molar-refractivity contribution is -0.132. The SMILES string of the molecule is O=C(Cc1ccccc1F)N1CCN(C2CCCC2O)CC1. The summed E-state index contributed by atoms with van der Waals surface area (Å²) in [4.78, 5) is 16.4. The molecule has 2 aliphatic rings. The zero-order chi connectivity index (χ0) is 15.5. The molecule has 4 nitrogen and oxygen atoms in total. The van der Waals surface area contributed by atoms with E-state index in [0.717, 1.165) is 32.4 Å². The van der Waals surface area contributed by atoms with E-state index in [1.54, 1.807) is 18.2 Å². The number of nitrogens with zero attached hydrogens (tertiary/aromatic N) is 2. The highest BCUT2D eigenvalue weighted by atomic mass is 19.1. The summed E-state index contributed by atoms with van der Waals surface area (Å²) in [6, 6.07) is 6.70. The fourth-order valence-corrected chi connectivity index (χ4v) is 3.57. The molecular formula is C17H23FN2O2. The van der Waals surface area contributed by atoms with Gasteiger partial charge in [-0.2, -0.15) is 0 Å². The molecule has 2 atom stereocenters. The largest absolute Gasteiger partial charge is 0.391 e. The van der Waals surface area contributed by atoms with Gasteiger partial charge in [0, 0.05) is 32.2 Å². The van der Waals surface area contributed by atoms with Gasteiger partial charge in [-0.15, -0.1) is 0 Å². The Hall–Kier alpha value is -1.46. The maximum Gasteiger partial charge on any atom is 0.227 e. The summed E-state index contributed by atoms with van der Waals surface area (Å²) >= 11 is 0. The van der Waals surface area contributed by atoms with Gasteiger partial charge in [0.2, 0.25) is 5.91 Å². The number of benzene rings is 1. The zero-order valence-corrected chi connectivity index (χ0v) is 12.7. The van der Waals surface area contributed by atoms with Crippen molar-refractivity contribution in [2.75, 3.05) is 26.2 Å². The van der Waals surface area contributed by atoms with Gasteiger partial charge in [0.1, 0.15) is 5.82 Å². The Morgan fingerprint density at radius 3 is 2.55 bits per heavy atom. The number of amides is 1. The number of piperazine rings is 1. The molecule has 0 spiro atoms. The van der Waals surface area contributed by atoms with Gasteiger partial charge in [-0.25, -0.2) is 4.39 Å². The molecular weight excluding hydrogens is 283 g/mol. The van der Waals surface area contributed by atoms with Crippen molar-refractivity contribution in [1.29, 1.82) is 0 Å². The fraction of sp³-hybridized carbons (Fsp3) is 0.588. The van der Waals surface area contributed by atoms with E-state index in [0.29, 0.717) is 18.7 Å². The van der Waals surface area contributed by atoms with Crippen molar-refractivity contribution in [2.45, 2.75) is 37.8 Å². The Morgan fingerprint density at radius 2 is 1.91 bits per heavy atom. The maximum atomic E-state index is 13.6. The summed E-state index contributed by atoms with van der Waals surface area (Å²) in [5.74, 6) is -0.333. The van der Waals surface area contributed by atoms with Crippen LogP contribution in [-0.2, 0) is 11.2 Å². The Bertz CT molecular complexity index is 529. The average Bonchev–Trinajstić information content (AvgIpc) is 2.96. The Kier molecular flexibility index (Phi) is 4.74. The smallest absolute Gasteiger partial charge is 0.227 e. The van der Waals surface area contributed by atoms with Crippen LogP contribution in [-0.4, -0.2) is 59.1 Å². The highest BCUT2D eigenvalue weighted by Crippen LogP contribution is 2.25. The molecule has 2 unspecified atom stereocenters. The first-order chi connectivity index (χ1) is 10.6. The van der Waals surface area contributed by atoms with Crippen LogP contribution in [0.25, 0.3) is 0 Å². The normalized spacial score (nSPS) is 26.4. The van der Waals surface area contributed by atoms with Crippen LogP contribution in [0.2, 0.25) is 0 Å². The van der Waals surface area contributed by atoms with E-state index in [9.17, 15) is 14.3 Å². The lowest BCUT2D eigenvalue weighted by Crippen LogP contribution is -2.53. The van der Waals surface area contributed by atoms with E-state index in [2.05, 4.69) is 4.90 Å². The van der Waals surface area contributed by atoms with E-state index >= 15 is 0 Å². The lowest BCUT2D eigenvalue weighted by atomic mass is 10.1. The Labute approximate surface area is 130 Å². The second-order valence-corrected chi connectivity index (χ2v) is 6.25. The lowest BCUT2D eigenvalue weighted by Gasteiger charge is -2.39. The van der Waals surface area contributed by atoms with Crippen molar-refractivity contribution in [1.82, 2.24) is 9.80 Å². The molecule has 22 heavy (non-hydrogen) atoms. The van der Waals surface area contributed by atoms with E-state index in [-0.39, 0.29) is 30.3 Å². The Balaban J connectivity index is 1.53. The molecule has 1 aromatic rings. The molecule has 1 N–H and O–H groups in total. The first-order valence-electron chi connectivity index (χ1n) is 8.08. The van der Waals surface area contributed by atoms with Gasteiger partial charge in [0.25, 0.3) is 0 Å². The summed E-state index contributed by atoms with van der Waals surface area (Å²) in [7, 11) is 0.